The Labute approximate surface area is 170 Å². The average Bonchev–Trinajstić information content (AvgIpc) is 3.26. The zero-order chi connectivity index (χ0) is 20.9. The van der Waals surface area contributed by atoms with Gasteiger partial charge in [0.15, 0.2) is 5.76 Å². The highest BCUT2D eigenvalue weighted by molar-refractivity contribution is 7.89. The van der Waals surface area contributed by atoms with E-state index in [0.717, 1.165) is 5.56 Å². The summed E-state index contributed by atoms with van der Waals surface area (Å²) in [5.74, 6) is -0.470. The van der Waals surface area contributed by atoms with Gasteiger partial charge in [0.05, 0.1) is 11.2 Å². The number of nitrogens with one attached hydrogen (secondary N) is 2. The monoisotopic (exact) mass is 419 g/mol. The van der Waals surface area contributed by atoms with E-state index in [1.165, 1.54) is 10.6 Å². The van der Waals surface area contributed by atoms with E-state index in [1.54, 1.807) is 36.4 Å². The van der Waals surface area contributed by atoms with Gasteiger partial charge in [-0.15, -0.1) is 0 Å². The van der Waals surface area contributed by atoms with E-state index in [-0.39, 0.29) is 34.9 Å². The van der Waals surface area contributed by atoms with Crippen LogP contribution in [-0.4, -0.2) is 50.7 Å². The minimum Gasteiger partial charge on any atom is -0.459 e. The Morgan fingerprint density at radius 3 is 2.34 bits per heavy atom. The molecular formula is C20H25N3O5S. The van der Waals surface area contributed by atoms with Gasteiger partial charge in [-0.1, -0.05) is 17.7 Å². The van der Waals surface area contributed by atoms with Gasteiger partial charge in [-0.3, -0.25) is 9.59 Å². The Hall–Kier alpha value is -2.65. The summed E-state index contributed by atoms with van der Waals surface area (Å²) in [6.07, 6.45) is 2.35. The van der Waals surface area contributed by atoms with Gasteiger partial charge >= 0.3 is 0 Å². The molecule has 0 atom stereocenters. The molecule has 9 heteroatoms. The van der Waals surface area contributed by atoms with E-state index >= 15 is 0 Å². The van der Waals surface area contributed by atoms with Crippen LogP contribution in [0.5, 0.6) is 0 Å². The number of amides is 2. The minimum atomic E-state index is -3.53. The second-order valence-electron chi connectivity index (χ2n) is 7.02. The lowest BCUT2D eigenvalue weighted by Crippen LogP contribution is -2.44. The number of aryl methyl sites for hydroxylation is 1. The molecule has 2 aromatic rings. The molecule has 1 fully saturated rings. The lowest BCUT2D eigenvalue weighted by Gasteiger charge is -2.30. The van der Waals surface area contributed by atoms with E-state index in [9.17, 15) is 18.0 Å². The quantitative estimate of drug-likeness (QED) is 0.662. The van der Waals surface area contributed by atoms with Crippen molar-refractivity contribution in [3.05, 3.63) is 54.0 Å². The van der Waals surface area contributed by atoms with Gasteiger partial charge in [0, 0.05) is 32.1 Å². The highest BCUT2D eigenvalue weighted by atomic mass is 32.2. The number of hydrogen-bond acceptors (Lipinski definition) is 5. The number of carbonyl (C=O) groups is 2. The van der Waals surface area contributed by atoms with Crippen molar-refractivity contribution in [3.63, 3.8) is 0 Å². The van der Waals surface area contributed by atoms with Crippen molar-refractivity contribution in [1.29, 1.82) is 0 Å². The van der Waals surface area contributed by atoms with Gasteiger partial charge in [0.2, 0.25) is 15.9 Å². The van der Waals surface area contributed by atoms with Crippen LogP contribution < -0.4 is 10.6 Å². The Kier molecular flexibility index (Phi) is 6.71. The molecule has 1 saturated heterocycles. The van der Waals surface area contributed by atoms with Gasteiger partial charge in [-0.2, -0.15) is 4.31 Å². The van der Waals surface area contributed by atoms with Crippen molar-refractivity contribution in [2.24, 2.45) is 5.92 Å². The maximum absolute atomic E-state index is 12.7. The lowest BCUT2D eigenvalue weighted by molar-refractivity contribution is -0.126. The number of nitrogens with zero attached hydrogens (tertiary/aromatic N) is 1. The lowest BCUT2D eigenvalue weighted by atomic mass is 9.97. The van der Waals surface area contributed by atoms with E-state index in [2.05, 4.69) is 10.6 Å². The highest BCUT2D eigenvalue weighted by Gasteiger charge is 2.31. The van der Waals surface area contributed by atoms with E-state index in [1.807, 2.05) is 6.92 Å². The van der Waals surface area contributed by atoms with Gasteiger partial charge in [0.25, 0.3) is 5.91 Å². The van der Waals surface area contributed by atoms with Gasteiger partial charge in [-0.05, 0) is 44.0 Å². The van der Waals surface area contributed by atoms with E-state index in [4.69, 9.17) is 4.42 Å². The molecule has 156 valence electrons. The number of benzene rings is 1. The predicted octanol–water partition coefficient (Wildman–Crippen LogP) is 1.53. The normalized spacial score (nSPS) is 15.8. The van der Waals surface area contributed by atoms with Crippen LogP contribution in [-0.2, 0) is 14.8 Å². The Morgan fingerprint density at radius 2 is 1.72 bits per heavy atom. The molecular weight excluding hydrogens is 394 g/mol. The fourth-order valence-electron chi connectivity index (χ4n) is 3.22. The molecule has 3 rings (SSSR count). The SMILES string of the molecule is Cc1ccc(S(=O)(=O)N2CCC(C(=O)NCCNC(=O)c3ccco3)CC2)cc1. The molecule has 1 aliphatic heterocycles. The first kappa shape index (κ1) is 21.1. The predicted molar refractivity (Wildman–Crippen MR) is 107 cm³/mol. The zero-order valence-corrected chi connectivity index (χ0v) is 17.1. The smallest absolute Gasteiger partial charge is 0.287 e. The second kappa shape index (κ2) is 9.23. The molecule has 1 aromatic heterocycles. The molecule has 2 N–H and O–H groups in total. The molecule has 1 aromatic carbocycles. The van der Waals surface area contributed by atoms with Crippen LogP contribution in [0.3, 0.4) is 0 Å². The third-order valence-corrected chi connectivity index (χ3v) is 6.85. The average molecular weight is 420 g/mol. The van der Waals surface area contributed by atoms with Crippen LogP contribution in [0, 0.1) is 12.8 Å². The highest BCUT2D eigenvalue weighted by Crippen LogP contribution is 2.24. The Balaban J connectivity index is 1.42. The standard InChI is InChI=1S/C20H25N3O5S/c1-15-4-6-17(7-5-15)29(26,27)23-12-8-16(9-13-23)19(24)21-10-11-22-20(25)18-3-2-14-28-18/h2-7,14,16H,8-13H2,1H3,(H,21,24)(H,22,25). The molecule has 0 unspecified atom stereocenters. The summed E-state index contributed by atoms with van der Waals surface area (Å²) in [5.41, 5.74) is 1.000. The molecule has 2 heterocycles. The summed E-state index contributed by atoms with van der Waals surface area (Å²) < 4.78 is 31.9. The molecule has 8 nitrogen and oxygen atoms in total. The van der Waals surface area contributed by atoms with Crippen LogP contribution in [0.1, 0.15) is 29.0 Å². The molecule has 0 saturated carbocycles. The van der Waals surface area contributed by atoms with Crippen molar-refractivity contribution in [3.8, 4) is 0 Å². The van der Waals surface area contributed by atoms with Gasteiger partial charge in [-0.25, -0.2) is 8.42 Å². The van der Waals surface area contributed by atoms with Crippen molar-refractivity contribution < 1.29 is 22.4 Å². The second-order valence-corrected chi connectivity index (χ2v) is 8.95. The first-order valence-corrected chi connectivity index (χ1v) is 11.0. The molecule has 0 radical (unpaired) electrons. The molecule has 0 bridgehead atoms. The topological polar surface area (TPSA) is 109 Å². The van der Waals surface area contributed by atoms with Crippen LogP contribution >= 0.6 is 0 Å². The van der Waals surface area contributed by atoms with Crippen LogP contribution in [0.15, 0.2) is 52.0 Å². The fourth-order valence-corrected chi connectivity index (χ4v) is 4.69. The third-order valence-electron chi connectivity index (χ3n) is 4.94. The van der Waals surface area contributed by atoms with Gasteiger partial charge in [0.1, 0.15) is 0 Å². The van der Waals surface area contributed by atoms with Crippen LogP contribution in [0.25, 0.3) is 0 Å². The Bertz CT molecular complexity index is 931. The van der Waals surface area contributed by atoms with Gasteiger partial charge < -0.3 is 15.1 Å². The zero-order valence-electron chi connectivity index (χ0n) is 16.3. The van der Waals surface area contributed by atoms with Crippen molar-refractivity contribution in [2.75, 3.05) is 26.2 Å². The third kappa shape index (κ3) is 5.24. The largest absolute Gasteiger partial charge is 0.459 e. The molecule has 0 aliphatic carbocycles. The summed E-state index contributed by atoms with van der Waals surface area (Å²) in [6, 6.07) is 9.96. The van der Waals surface area contributed by atoms with Crippen LogP contribution in [0.2, 0.25) is 0 Å². The first-order chi connectivity index (χ1) is 13.9. The number of furan rings is 1. The summed E-state index contributed by atoms with van der Waals surface area (Å²) in [7, 11) is -3.53. The molecule has 1 aliphatic rings. The van der Waals surface area contributed by atoms with Crippen molar-refractivity contribution in [2.45, 2.75) is 24.7 Å². The molecule has 29 heavy (non-hydrogen) atoms. The maximum atomic E-state index is 12.7. The number of piperidine rings is 1. The number of carbonyl (C=O) groups excluding carboxylic acids is 2. The number of rotatable bonds is 7. The minimum absolute atomic E-state index is 0.121. The maximum Gasteiger partial charge on any atom is 0.287 e. The van der Waals surface area contributed by atoms with Crippen molar-refractivity contribution in [1.82, 2.24) is 14.9 Å². The fraction of sp³-hybridized carbons (Fsp3) is 0.400. The van der Waals surface area contributed by atoms with Crippen molar-refractivity contribution >= 4 is 21.8 Å². The summed E-state index contributed by atoms with van der Waals surface area (Å²) in [4.78, 5) is 24.3. The Morgan fingerprint density at radius 1 is 1.07 bits per heavy atom. The molecule has 0 spiro atoms. The number of hydrogen-bond donors (Lipinski definition) is 2. The number of sulfonamides is 1. The van der Waals surface area contributed by atoms with E-state index in [0.29, 0.717) is 32.5 Å². The summed E-state index contributed by atoms with van der Waals surface area (Å²) in [6.45, 7) is 3.11. The summed E-state index contributed by atoms with van der Waals surface area (Å²) >= 11 is 0. The summed E-state index contributed by atoms with van der Waals surface area (Å²) in [5, 5.41) is 5.45. The first-order valence-electron chi connectivity index (χ1n) is 9.54. The van der Waals surface area contributed by atoms with Crippen LogP contribution in [0.4, 0.5) is 0 Å². The molecule has 2 amide bonds. The van der Waals surface area contributed by atoms with E-state index < -0.39 is 10.0 Å².